The molecule has 10 heteroatoms. The maximum absolute atomic E-state index is 13.9. The molecule has 0 aliphatic heterocycles. The molecule has 0 unspecified atom stereocenters. The number of benzene rings is 5. The molecule has 0 saturated carbocycles. The highest BCUT2D eigenvalue weighted by molar-refractivity contribution is 7.98. The quantitative estimate of drug-likeness (QED) is 0.195. The highest BCUT2D eigenvalue weighted by atomic mass is 35.7. The number of hydrogen-bond donors (Lipinski definition) is 2. The third kappa shape index (κ3) is 8.92. The summed E-state index contributed by atoms with van der Waals surface area (Å²) in [5.74, 6) is 1.24. The third-order valence-corrected chi connectivity index (χ3v) is 10.4. The van der Waals surface area contributed by atoms with Crippen molar-refractivity contribution < 1.29 is 38.5 Å². The van der Waals surface area contributed by atoms with E-state index in [2.05, 4.69) is 47.0 Å². The van der Waals surface area contributed by atoms with E-state index in [-0.39, 0.29) is 11.6 Å². The molecule has 8 nitrogen and oxygen atoms in total. The molecule has 2 amide bonds. The Kier molecular flexibility index (Phi) is 11.1. The Labute approximate surface area is 258 Å². The van der Waals surface area contributed by atoms with Gasteiger partial charge in [0.15, 0.2) is 0 Å². The Bertz CT molecular complexity index is 1570. The molecule has 0 atom stereocenters. The van der Waals surface area contributed by atoms with Crippen molar-refractivity contribution in [1.29, 1.82) is 0 Å². The number of halogens is 1. The molecule has 0 aliphatic carbocycles. The van der Waals surface area contributed by atoms with E-state index < -0.39 is 23.4 Å². The fourth-order valence-corrected chi connectivity index (χ4v) is 8.34. The monoisotopic (exact) mass is 626 g/mol. The zero-order valence-electron chi connectivity index (χ0n) is 23.3. The average Bonchev–Trinajstić information content (AvgIpc) is 3.04. The topological polar surface area (TPSA) is 150 Å². The first-order valence-electron chi connectivity index (χ1n) is 13.3. The lowest BCUT2D eigenvalue weighted by Gasteiger charge is -2.25. The van der Waals surface area contributed by atoms with E-state index in [0.29, 0.717) is 11.3 Å². The van der Waals surface area contributed by atoms with Gasteiger partial charge in [-0.15, -0.1) is 10.2 Å². The van der Waals surface area contributed by atoms with Crippen molar-refractivity contribution in [2.24, 2.45) is 0 Å². The summed E-state index contributed by atoms with van der Waals surface area (Å²) < 4.78 is 34.0. The lowest BCUT2D eigenvalue weighted by Crippen LogP contribution is -2.68. The maximum atomic E-state index is 13.9. The molecular formula is C34H28ClN2O6P. The Morgan fingerprint density at radius 2 is 0.886 bits per heavy atom. The van der Waals surface area contributed by atoms with Crippen molar-refractivity contribution in [3.63, 3.8) is 0 Å². The Hall–Kier alpha value is -4.66. The van der Waals surface area contributed by atoms with Crippen molar-refractivity contribution in [2.75, 3.05) is 5.32 Å². The summed E-state index contributed by atoms with van der Waals surface area (Å²) in [5.41, 5.74) is 1.31. The highest BCUT2D eigenvalue weighted by Gasteiger charge is 2.45. The number of carbonyl (C=O) groups is 2. The van der Waals surface area contributed by atoms with Gasteiger partial charge in [0.05, 0.1) is 0 Å². The van der Waals surface area contributed by atoms with Crippen LogP contribution in [0.4, 0.5) is 5.69 Å². The van der Waals surface area contributed by atoms with E-state index in [1.54, 1.807) is 24.3 Å². The van der Waals surface area contributed by atoms with Crippen LogP contribution in [0.5, 0.6) is 0 Å². The van der Waals surface area contributed by atoms with Gasteiger partial charge >= 0.3 is 0 Å². The molecule has 0 fully saturated rings. The van der Waals surface area contributed by atoms with Crippen LogP contribution in [-0.4, -0.2) is 11.8 Å². The molecule has 5 rings (SSSR count). The van der Waals surface area contributed by atoms with Crippen LogP contribution in [-0.2, 0) is 4.79 Å². The van der Waals surface area contributed by atoms with Crippen molar-refractivity contribution >= 4 is 40.7 Å². The van der Waals surface area contributed by atoms with Gasteiger partial charge in [0.25, 0.3) is 11.8 Å². The van der Waals surface area contributed by atoms with Crippen molar-refractivity contribution in [2.45, 2.75) is 0 Å². The minimum Gasteiger partial charge on any atom is -0.321 e. The molecule has 44 heavy (non-hydrogen) atoms. The molecule has 222 valence electrons. The first-order chi connectivity index (χ1) is 21.2. The summed E-state index contributed by atoms with van der Waals surface area (Å²) in [7, 11) is -7.50. The summed E-state index contributed by atoms with van der Waals surface area (Å²) in [6, 6.07) is 48.7. The summed E-state index contributed by atoms with van der Waals surface area (Å²) >= 11 is 0. The lowest BCUT2D eigenvalue weighted by molar-refractivity contribution is -2.00. The van der Waals surface area contributed by atoms with Crippen molar-refractivity contribution in [3.05, 3.63) is 169 Å². The van der Waals surface area contributed by atoms with E-state index in [4.69, 9.17) is 18.6 Å². The number of anilines is 1. The molecule has 5 aromatic rings. The van der Waals surface area contributed by atoms with Gasteiger partial charge in [-0.1, -0.05) is 91.0 Å². The molecule has 2 N–H and O–H groups in total. The molecule has 0 radical (unpaired) electrons. The second kappa shape index (κ2) is 15.2. The van der Waals surface area contributed by atoms with E-state index >= 15 is 0 Å². The van der Waals surface area contributed by atoms with Gasteiger partial charge in [0, 0.05) is 11.3 Å². The molecular weight excluding hydrogens is 599 g/mol. The van der Waals surface area contributed by atoms with Crippen LogP contribution < -0.4 is 45.2 Å². The summed E-state index contributed by atoms with van der Waals surface area (Å²) in [6.07, 6.45) is 0. The number of para-hydroxylation sites is 1. The minimum absolute atomic E-state index is 0.192. The van der Waals surface area contributed by atoms with Crippen LogP contribution in [0.2, 0.25) is 0 Å². The van der Waals surface area contributed by atoms with Crippen molar-refractivity contribution in [3.8, 4) is 0 Å². The maximum Gasteiger partial charge on any atom is 0.275 e. The fourth-order valence-electron chi connectivity index (χ4n) is 4.51. The van der Waals surface area contributed by atoms with E-state index in [1.165, 1.54) is 0 Å². The van der Waals surface area contributed by atoms with Crippen LogP contribution in [0, 0.1) is 10.2 Å². The third-order valence-electron chi connectivity index (χ3n) is 6.37. The van der Waals surface area contributed by atoms with Crippen LogP contribution in [0.15, 0.2) is 163 Å². The van der Waals surface area contributed by atoms with Gasteiger partial charge in [-0.2, -0.15) is 0 Å². The lowest BCUT2D eigenvalue weighted by atomic mass is 10.2. The second-order valence-corrected chi connectivity index (χ2v) is 13.3. The standard InChI is InChI=1S/C34H27N2O2P.ClHO4/c37-33(27-16-6-1-7-17-27)36-32(34(38)35-28-18-8-2-9-19-28)26-39(29-20-10-3-11-21-29,30-22-12-4-13-23-30)31-24-14-5-15-25-31;2-1(3,4)5/h1-26H,(H-,35,36,37,38);(H,2,3,4,5). The van der Waals surface area contributed by atoms with E-state index in [1.807, 2.05) is 96.8 Å². The Balaban J connectivity index is 0.000000818. The normalized spacial score (nSPS) is 11.5. The van der Waals surface area contributed by atoms with Gasteiger partial charge in [-0.05, 0) is 60.7 Å². The largest absolute Gasteiger partial charge is 0.321 e. The summed E-state index contributed by atoms with van der Waals surface area (Å²) in [4.78, 5) is 27.3. The number of carbonyl (C=O) groups excluding carboxylic acids is 2. The zero-order chi connectivity index (χ0) is 31.4. The summed E-state index contributed by atoms with van der Waals surface area (Å²) in [6.45, 7) is 0. The molecule has 0 bridgehead atoms. The highest BCUT2D eigenvalue weighted by Crippen LogP contribution is 2.57. The first kappa shape index (κ1) is 32.3. The van der Waals surface area contributed by atoms with Crippen LogP contribution in [0.3, 0.4) is 0 Å². The van der Waals surface area contributed by atoms with Gasteiger partial charge in [-0.25, -0.2) is 18.6 Å². The number of rotatable bonds is 8. The summed E-state index contributed by atoms with van der Waals surface area (Å²) in [5, 5.41) is 9.14. The van der Waals surface area contributed by atoms with Gasteiger partial charge in [0.2, 0.25) is 0 Å². The van der Waals surface area contributed by atoms with Crippen LogP contribution in [0.1, 0.15) is 10.4 Å². The number of amides is 2. The Morgan fingerprint density at radius 1 is 0.545 bits per heavy atom. The molecule has 0 spiro atoms. The smallest absolute Gasteiger partial charge is 0.275 e. The van der Waals surface area contributed by atoms with Crippen LogP contribution in [0.25, 0.3) is 0 Å². The first-order valence-corrected chi connectivity index (χ1v) is 16.4. The SMILES string of the molecule is O=C(Nc1ccccc1)C(=C[P+](c1ccccc1)(c1ccccc1)c1ccccc1)NC(=O)c1ccccc1.[O-][Cl+3]([O-])([O-])[O-]. The number of nitrogens with one attached hydrogen (secondary N) is 2. The van der Waals surface area contributed by atoms with Gasteiger partial charge in [0.1, 0.15) is 34.7 Å². The van der Waals surface area contributed by atoms with Crippen molar-refractivity contribution in [1.82, 2.24) is 5.32 Å². The van der Waals surface area contributed by atoms with E-state index in [9.17, 15) is 9.59 Å². The van der Waals surface area contributed by atoms with Gasteiger partial charge < -0.3 is 10.6 Å². The molecule has 0 saturated heterocycles. The average molecular weight is 627 g/mol. The van der Waals surface area contributed by atoms with Crippen LogP contribution >= 0.6 is 7.26 Å². The molecule has 0 heterocycles. The predicted molar refractivity (Wildman–Crippen MR) is 162 cm³/mol. The predicted octanol–water partition coefficient (Wildman–Crippen LogP) is 1.13. The van der Waals surface area contributed by atoms with E-state index in [0.717, 1.165) is 15.9 Å². The second-order valence-electron chi connectivity index (χ2n) is 9.29. The zero-order valence-corrected chi connectivity index (χ0v) is 24.9. The molecule has 0 aliphatic rings. The number of hydrogen-bond acceptors (Lipinski definition) is 6. The Morgan fingerprint density at radius 3 is 1.27 bits per heavy atom. The minimum atomic E-state index is -4.94. The molecule has 0 aromatic heterocycles. The molecule has 5 aromatic carbocycles. The fraction of sp³-hybridized carbons (Fsp3) is 0. The van der Waals surface area contributed by atoms with Gasteiger partial charge in [-0.3, -0.25) is 9.59 Å².